The van der Waals surface area contributed by atoms with Gasteiger partial charge in [-0.05, 0) is 33.2 Å². The van der Waals surface area contributed by atoms with Crippen LogP contribution >= 0.6 is 0 Å². The first-order valence-electron chi connectivity index (χ1n) is 6.16. The molecule has 0 spiro atoms. The Balaban J connectivity index is 2.24. The molecule has 1 rings (SSSR count). The Labute approximate surface area is 97.6 Å². The average molecular weight is 229 g/mol. The molecule has 1 aliphatic heterocycles. The average Bonchev–Trinajstić information content (AvgIpc) is 2.24. The largest absolute Gasteiger partial charge is 0.481 e. The molecule has 0 bridgehead atoms. The molecule has 94 valence electrons. The van der Waals surface area contributed by atoms with Gasteiger partial charge in [-0.15, -0.1) is 0 Å². The van der Waals surface area contributed by atoms with Gasteiger partial charge in [-0.2, -0.15) is 0 Å². The number of carboxylic acid groups (broad SMARTS) is 1. The van der Waals surface area contributed by atoms with E-state index in [1.165, 1.54) is 19.3 Å². The van der Waals surface area contributed by atoms with Crippen LogP contribution in [0, 0.1) is 0 Å². The summed E-state index contributed by atoms with van der Waals surface area (Å²) >= 11 is 0. The molecule has 0 aromatic heterocycles. The normalized spacial score (nSPS) is 22.6. The molecule has 16 heavy (non-hydrogen) atoms. The van der Waals surface area contributed by atoms with Crippen molar-refractivity contribution in [3.05, 3.63) is 0 Å². The number of nitrogens with zero attached hydrogens (tertiary/aromatic N) is 1. The molecule has 4 nitrogen and oxygen atoms in total. The summed E-state index contributed by atoms with van der Waals surface area (Å²) in [4.78, 5) is 12.8. The molecule has 1 unspecified atom stereocenters. The number of hydrogen-bond acceptors (Lipinski definition) is 3. The van der Waals surface area contributed by atoms with Crippen LogP contribution in [0.5, 0.6) is 0 Å². The molecule has 4 heteroatoms. The van der Waals surface area contributed by atoms with E-state index in [-0.39, 0.29) is 6.42 Å². The van der Waals surface area contributed by atoms with Gasteiger partial charge in [-0.3, -0.25) is 9.69 Å². The van der Waals surface area contributed by atoms with E-state index in [0.717, 1.165) is 6.54 Å². The second-order valence-corrected chi connectivity index (χ2v) is 4.70. The molecule has 1 saturated heterocycles. The Morgan fingerprint density at radius 3 is 2.88 bits per heavy atom. The number of carbonyl (C=O) groups is 1. The molecule has 0 aromatic carbocycles. The summed E-state index contributed by atoms with van der Waals surface area (Å²) in [6, 6.07) is 1.02. The minimum Gasteiger partial charge on any atom is -0.481 e. The summed E-state index contributed by atoms with van der Waals surface area (Å²) in [6.45, 7) is 6.55. The van der Waals surface area contributed by atoms with Gasteiger partial charge in [0, 0.05) is 12.1 Å². The van der Waals surface area contributed by atoms with Crippen LogP contribution in [-0.4, -0.2) is 47.8 Å². The highest BCUT2D eigenvalue weighted by atomic mass is 16.5. The maximum absolute atomic E-state index is 10.3. The van der Waals surface area contributed by atoms with Crippen molar-refractivity contribution in [1.29, 1.82) is 0 Å². The molecule has 1 heterocycles. The number of ether oxygens (including phenoxy) is 1. The summed E-state index contributed by atoms with van der Waals surface area (Å²) < 4.78 is 5.44. The minimum absolute atomic E-state index is 0.106. The summed E-state index contributed by atoms with van der Waals surface area (Å²) in [5.41, 5.74) is 0. The van der Waals surface area contributed by atoms with E-state index in [4.69, 9.17) is 9.84 Å². The first-order chi connectivity index (χ1) is 7.61. The summed E-state index contributed by atoms with van der Waals surface area (Å²) in [7, 11) is 0. The number of rotatable bonds is 6. The third-order valence-electron chi connectivity index (χ3n) is 3.11. The van der Waals surface area contributed by atoms with E-state index in [1.54, 1.807) is 0 Å². The summed E-state index contributed by atoms with van der Waals surface area (Å²) in [6.07, 6.45) is 3.81. The van der Waals surface area contributed by atoms with Crippen molar-refractivity contribution in [3.63, 3.8) is 0 Å². The Morgan fingerprint density at radius 2 is 2.25 bits per heavy atom. The highest BCUT2D eigenvalue weighted by Gasteiger charge is 2.24. The van der Waals surface area contributed by atoms with Gasteiger partial charge < -0.3 is 9.84 Å². The van der Waals surface area contributed by atoms with Gasteiger partial charge in [-0.25, -0.2) is 0 Å². The molecule has 1 N–H and O–H groups in total. The van der Waals surface area contributed by atoms with E-state index in [2.05, 4.69) is 18.7 Å². The molecule has 0 amide bonds. The number of piperidine rings is 1. The predicted octanol–water partition coefficient (Wildman–Crippen LogP) is 1.74. The molecular formula is C12H23NO3. The fourth-order valence-electron chi connectivity index (χ4n) is 2.26. The predicted molar refractivity (Wildman–Crippen MR) is 62.6 cm³/mol. The van der Waals surface area contributed by atoms with Crippen LogP contribution in [0.4, 0.5) is 0 Å². The lowest BCUT2D eigenvalue weighted by Gasteiger charge is -2.38. The number of aliphatic carboxylic acids is 1. The lowest BCUT2D eigenvalue weighted by atomic mass is 10.0. The lowest BCUT2D eigenvalue weighted by Crippen LogP contribution is -2.46. The van der Waals surface area contributed by atoms with Crippen LogP contribution in [0.1, 0.15) is 39.5 Å². The summed E-state index contributed by atoms with van der Waals surface area (Å²) in [5.74, 6) is -0.788. The Morgan fingerprint density at radius 1 is 1.50 bits per heavy atom. The van der Waals surface area contributed by atoms with Crippen molar-refractivity contribution in [3.8, 4) is 0 Å². The van der Waals surface area contributed by atoms with Crippen molar-refractivity contribution in [2.45, 2.75) is 51.6 Å². The first-order valence-corrected chi connectivity index (χ1v) is 6.16. The van der Waals surface area contributed by atoms with Gasteiger partial charge in [-0.1, -0.05) is 6.42 Å². The quantitative estimate of drug-likeness (QED) is 0.705. The number of hydrogen-bond donors (Lipinski definition) is 1. The molecular weight excluding hydrogens is 206 g/mol. The highest BCUT2D eigenvalue weighted by Crippen LogP contribution is 2.19. The van der Waals surface area contributed by atoms with Gasteiger partial charge in [0.15, 0.2) is 0 Å². The smallest absolute Gasteiger partial charge is 0.305 e. The van der Waals surface area contributed by atoms with E-state index >= 15 is 0 Å². The molecule has 0 saturated carbocycles. The van der Waals surface area contributed by atoms with Gasteiger partial charge in [0.25, 0.3) is 0 Å². The van der Waals surface area contributed by atoms with Gasteiger partial charge in [0.1, 0.15) is 0 Å². The van der Waals surface area contributed by atoms with E-state index in [0.29, 0.717) is 25.3 Å². The van der Waals surface area contributed by atoms with E-state index < -0.39 is 5.97 Å². The van der Waals surface area contributed by atoms with Crippen molar-refractivity contribution >= 4 is 5.97 Å². The van der Waals surface area contributed by atoms with Crippen LogP contribution in [0.15, 0.2) is 0 Å². The van der Waals surface area contributed by atoms with Crippen molar-refractivity contribution in [1.82, 2.24) is 4.90 Å². The fraction of sp³-hybridized carbons (Fsp3) is 0.917. The van der Waals surface area contributed by atoms with Crippen molar-refractivity contribution < 1.29 is 14.6 Å². The standard InChI is InChI=1S/C12H23NO3/c1-10(2)13-7-4-3-5-11(13)9-16-8-6-12(14)15/h10-11H,3-9H2,1-2H3,(H,14,15). The van der Waals surface area contributed by atoms with Crippen molar-refractivity contribution in [2.24, 2.45) is 0 Å². The molecule has 1 atom stereocenters. The monoisotopic (exact) mass is 229 g/mol. The number of carboxylic acids is 1. The molecule has 1 fully saturated rings. The van der Waals surface area contributed by atoms with E-state index in [9.17, 15) is 4.79 Å². The number of likely N-dealkylation sites (tertiary alicyclic amines) is 1. The highest BCUT2D eigenvalue weighted by molar-refractivity contribution is 5.66. The van der Waals surface area contributed by atoms with E-state index in [1.807, 2.05) is 0 Å². The van der Waals surface area contributed by atoms with Crippen LogP contribution in [0.2, 0.25) is 0 Å². The lowest BCUT2D eigenvalue weighted by molar-refractivity contribution is -0.138. The topological polar surface area (TPSA) is 49.8 Å². The zero-order chi connectivity index (χ0) is 12.0. The zero-order valence-corrected chi connectivity index (χ0v) is 10.3. The Bertz CT molecular complexity index is 218. The zero-order valence-electron chi connectivity index (χ0n) is 10.3. The van der Waals surface area contributed by atoms with Crippen LogP contribution < -0.4 is 0 Å². The fourth-order valence-corrected chi connectivity index (χ4v) is 2.26. The van der Waals surface area contributed by atoms with Gasteiger partial charge >= 0.3 is 5.97 Å². The van der Waals surface area contributed by atoms with Crippen molar-refractivity contribution in [2.75, 3.05) is 19.8 Å². The molecule has 0 radical (unpaired) electrons. The maximum atomic E-state index is 10.3. The second-order valence-electron chi connectivity index (χ2n) is 4.70. The molecule has 1 aliphatic rings. The second kappa shape index (κ2) is 6.86. The summed E-state index contributed by atoms with van der Waals surface area (Å²) in [5, 5.41) is 8.50. The van der Waals surface area contributed by atoms with Crippen LogP contribution in [-0.2, 0) is 9.53 Å². The maximum Gasteiger partial charge on any atom is 0.305 e. The third kappa shape index (κ3) is 4.49. The Kier molecular flexibility index (Phi) is 5.77. The van der Waals surface area contributed by atoms with Gasteiger partial charge in [0.05, 0.1) is 19.6 Å². The minimum atomic E-state index is -0.788. The first kappa shape index (κ1) is 13.5. The molecule has 0 aromatic rings. The third-order valence-corrected chi connectivity index (χ3v) is 3.11. The Hall–Kier alpha value is -0.610. The van der Waals surface area contributed by atoms with Crippen LogP contribution in [0.25, 0.3) is 0 Å². The molecule has 0 aliphatic carbocycles. The van der Waals surface area contributed by atoms with Gasteiger partial charge in [0.2, 0.25) is 0 Å². The van der Waals surface area contributed by atoms with Crippen LogP contribution in [0.3, 0.4) is 0 Å². The SMILES string of the molecule is CC(C)N1CCCCC1COCCC(=O)O.